The van der Waals surface area contributed by atoms with Crippen molar-refractivity contribution in [3.63, 3.8) is 0 Å². The first-order valence-corrected chi connectivity index (χ1v) is 9.32. The van der Waals surface area contributed by atoms with Gasteiger partial charge in [0.05, 0.1) is 12.8 Å². The van der Waals surface area contributed by atoms with Crippen LogP contribution in [0.15, 0.2) is 53.9 Å². The highest BCUT2D eigenvalue weighted by Gasteiger charge is 2.08. The van der Waals surface area contributed by atoms with Crippen LogP contribution in [0.1, 0.15) is 23.2 Å². The summed E-state index contributed by atoms with van der Waals surface area (Å²) in [6, 6.07) is 15.9. The van der Waals surface area contributed by atoms with Gasteiger partial charge >= 0.3 is 5.97 Å². The number of hydrogen-bond acceptors (Lipinski definition) is 5. The Bertz CT molecular complexity index is 854. The molecule has 0 unspecified atom stereocenters. The first-order valence-electron chi connectivity index (χ1n) is 8.44. The number of carbonyl (C=O) groups excluding carboxylic acids is 1. The molecule has 0 fully saturated rings. The zero-order chi connectivity index (χ0) is 18.4. The summed E-state index contributed by atoms with van der Waals surface area (Å²) in [6.45, 7) is 2.27. The van der Waals surface area contributed by atoms with Crippen LogP contribution in [0, 0.1) is 6.92 Å². The minimum Gasteiger partial charge on any atom is -0.497 e. The van der Waals surface area contributed by atoms with E-state index >= 15 is 0 Å². The lowest BCUT2D eigenvalue weighted by molar-refractivity contribution is -0.145. The quantitative estimate of drug-likeness (QED) is 0.563. The molecule has 0 saturated heterocycles. The van der Waals surface area contributed by atoms with Crippen molar-refractivity contribution < 1.29 is 14.3 Å². The third-order valence-electron chi connectivity index (χ3n) is 4.01. The van der Waals surface area contributed by atoms with Crippen LogP contribution in [0.2, 0.25) is 0 Å². The first kappa shape index (κ1) is 18.1. The lowest BCUT2D eigenvalue weighted by Crippen LogP contribution is -2.06. The Labute approximate surface area is 157 Å². The van der Waals surface area contributed by atoms with Crippen molar-refractivity contribution in [2.75, 3.05) is 7.11 Å². The number of carbonyl (C=O) groups is 1. The molecule has 0 aliphatic heterocycles. The Morgan fingerprint density at radius 3 is 2.50 bits per heavy atom. The molecule has 0 aliphatic rings. The van der Waals surface area contributed by atoms with Crippen molar-refractivity contribution in [3.8, 4) is 16.3 Å². The van der Waals surface area contributed by atoms with E-state index < -0.39 is 0 Å². The summed E-state index contributed by atoms with van der Waals surface area (Å²) in [5, 5.41) is 2.88. The van der Waals surface area contributed by atoms with Crippen molar-refractivity contribution in [1.29, 1.82) is 0 Å². The Morgan fingerprint density at radius 1 is 1.08 bits per heavy atom. The molecule has 4 nitrogen and oxygen atoms in total. The lowest BCUT2D eigenvalue weighted by Gasteiger charge is -2.04. The van der Waals surface area contributed by atoms with Crippen molar-refractivity contribution in [3.05, 3.63) is 70.7 Å². The normalized spacial score (nSPS) is 10.5. The molecule has 0 N–H and O–H groups in total. The highest BCUT2D eigenvalue weighted by Crippen LogP contribution is 2.24. The number of benzene rings is 2. The molecule has 3 rings (SSSR count). The zero-order valence-electron chi connectivity index (χ0n) is 14.9. The van der Waals surface area contributed by atoms with Crippen molar-refractivity contribution in [2.24, 2.45) is 0 Å². The average molecular weight is 367 g/mol. The van der Waals surface area contributed by atoms with E-state index in [1.165, 1.54) is 5.56 Å². The predicted octanol–water partition coefficient (Wildman–Crippen LogP) is 4.80. The largest absolute Gasteiger partial charge is 0.497 e. The van der Waals surface area contributed by atoms with Crippen molar-refractivity contribution >= 4 is 17.3 Å². The third kappa shape index (κ3) is 4.92. The SMILES string of the molecule is COc1ccc(CCC(=O)OCc2csc(-c3ccc(C)cc3)n2)cc1. The number of hydrogen-bond donors (Lipinski definition) is 0. The summed E-state index contributed by atoms with van der Waals surface area (Å²) in [4.78, 5) is 16.5. The molecule has 2 aromatic carbocycles. The summed E-state index contributed by atoms with van der Waals surface area (Å²) in [7, 11) is 1.63. The molecule has 134 valence electrons. The van der Waals surface area contributed by atoms with Gasteiger partial charge in [0.15, 0.2) is 0 Å². The molecule has 5 heteroatoms. The molecule has 0 bridgehead atoms. The van der Waals surface area contributed by atoms with Gasteiger partial charge in [0.1, 0.15) is 17.4 Å². The molecule has 0 saturated carbocycles. The minimum atomic E-state index is -0.217. The summed E-state index contributed by atoms with van der Waals surface area (Å²) >= 11 is 1.56. The number of methoxy groups -OCH3 is 1. The number of aryl methyl sites for hydroxylation is 2. The van der Waals surface area contributed by atoms with Gasteiger partial charge in [-0.05, 0) is 31.0 Å². The van der Waals surface area contributed by atoms with Crippen LogP contribution in [-0.4, -0.2) is 18.1 Å². The van der Waals surface area contributed by atoms with Crippen molar-refractivity contribution in [2.45, 2.75) is 26.4 Å². The van der Waals surface area contributed by atoms with Crippen molar-refractivity contribution in [1.82, 2.24) is 4.98 Å². The van der Waals surface area contributed by atoms with Gasteiger partial charge in [0.25, 0.3) is 0 Å². The smallest absolute Gasteiger partial charge is 0.306 e. The Morgan fingerprint density at radius 2 is 1.81 bits per heavy atom. The predicted molar refractivity (Wildman–Crippen MR) is 103 cm³/mol. The van der Waals surface area contributed by atoms with E-state index in [-0.39, 0.29) is 12.6 Å². The standard InChI is InChI=1S/C21H21NO3S/c1-15-3-8-17(9-4-15)21-22-18(14-26-21)13-25-20(23)12-7-16-5-10-19(24-2)11-6-16/h3-6,8-11,14H,7,12-13H2,1-2H3. The fourth-order valence-electron chi connectivity index (χ4n) is 2.47. The molecule has 0 amide bonds. The van der Waals surface area contributed by atoms with Crippen LogP contribution in [0.4, 0.5) is 0 Å². The number of rotatable bonds is 7. The van der Waals surface area contributed by atoms with Crippen LogP contribution >= 0.6 is 11.3 Å². The maximum absolute atomic E-state index is 12.0. The van der Waals surface area contributed by atoms with E-state index in [2.05, 4.69) is 36.2 Å². The van der Waals surface area contributed by atoms with E-state index in [4.69, 9.17) is 9.47 Å². The van der Waals surface area contributed by atoms with Crippen LogP contribution in [0.3, 0.4) is 0 Å². The zero-order valence-corrected chi connectivity index (χ0v) is 15.7. The first-order chi connectivity index (χ1) is 12.6. The molecule has 1 aromatic heterocycles. The monoisotopic (exact) mass is 367 g/mol. The Kier molecular flexibility index (Phi) is 6.02. The topological polar surface area (TPSA) is 48.4 Å². The summed E-state index contributed by atoms with van der Waals surface area (Å²) in [6.07, 6.45) is 0.996. The highest BCUT2D eigenvalue weighted by atomic mass is 32.1. The van der Waals surface area contributed by atoms with E-state index in [9.17, 15) is 4.79 Å². The molecule has 0 atom stereocenters. The van der Waals surface area contributed by atoms with E-state index in [0.29, 0.717) is 12.8 Å². The van der Waals surface area contributed by atoms with Crippen LogP contribution in [0.25, 0.3) is 10.6 Å². The maximum Gasteiger partial charge on any atom is 0.306 e. The van der Waals surface area contributed by atoms with Crippen LogP contribution in [0.5, 0.6) is 5.75 Å². The molecule has 0 aliphatic carbocycles. The maximum atomic E-state index is 12.0. The van der Waals surface area contributed by atoms with E-state index in [1.54, 1.807) is 18.4 Å². The van der Waals surface area contributed by atoms with Gasteiger partial charge < -0.3 is 9.47 Å². The second-order valence-corrected chi connectivity index (χ2v) is 6.88. The molecular weight excluding hydrogens is 346 g/mol. The summed E-state index contributed by atoms with van der Waals surface area (Å²) in [5.74, 6) is 0.593. The third-order valence-corrected chi connectivity index (χ3v) is 4.95. The minimum absolute atomic E-state index is 0.212. The highest BCUT2D eigenvalue weighted by molar-refractivity contribution is 7.13. The fraction of sp³-hybridized carbons (Fsp3) is 0.238. The lowest BCUT2D eigenvalue weighted by atomic mass is 10.1. The second kappa shape index (κ2) is 8.63. The van der Waals surface area contributed by atoms with Gasteiger partial charge in [0.2, 0.25) is 0 Å². The number of thiazole rings is 1. The number of ether oxygens (including phenoxy) is 2. The molecule has 26 heavy (non-hydrogen) atoms. The average Bonchev–Trinajstić information content (AvgIpc) is 3.14. The van der Waals surface area contributed by atoms with Gasteiger partial charge in [-0.3, -0.25) is 4.79 Å². The number of esters is 1. The number of aromatic nitrogens is 1. The van der Waals surface area contributed by atoms with Gasteiger partial charge in [-0.1, -0.05) is 42.0 Å². The van der Waals surface area contributed by atoms with Gasteiger partial charge in [0, 0.05) is 17.4 Å². The molecular formula is C21H21NO3S. The summed E-state index contributed by atoms with van der Waals surface area (Å²) < 4.78 is 10.5. The fourth-order valence-corrected chi connectivity index (χ4v) is 3.28. The van der Waals surface area contributed by atoms with Crippen LogP contribution in [-0.2, 0) is 22.6 Å². The Hall–Kier alpha value is -2.66. The second-order valence-electron chi connectivity index (χ2n) is 6.02. The van der Waals surface area contributed by atoms with Gasteiger partial charge in [-0.25, -0.2) is 4.98 Å². The molecule has 0 radical (unpaired) electrons. The molecule has 1 heterocycles. The van der Waals surface area contributed by atoms with E-state index in [1.807, 2.05) is 29.6 Å². The molecule has 3 aromatic rings. The van der Waals surface area contributed by atoms with Gasteiger partial charge in [-0.2, -0.15) is 0 Å². The Balaban J connectivity index is 1.47. The summed E-state index contributed by atoms with van der Waals surface area (Å²) in [5.41, 5.74) is 4.16. The number of nitrogens with zero attached hydrogens (tertiary/aromatic N) is 1. The molecule has 0 spiro atoms. The van der Waals surface area contributed by atoms with Crippen LogP contribution < -0.4 is 4.74 Å². The van der Waals surface area contributed by atoms with Gasteiger partial charge in [-0.15, -0.1) is 11.3 Å². The van der Waals surface area contributed by atoms with E-state index in [0.717, 1.165) is 27.6 Å².